The Hall–Kier alpha value is -1.07. The Balaban J connectivity index is 2.18. The predicted molar refractivity (Wildman–Crippen MR) is 54.0 cm³/mol. The summed E-state index contributed by atoms with van der Waals surface area (Å²) >= 11 is 0. The molecule has 0 aliphatic carbocycles. The number of rotatable bonds is 4. The SMILES string of the molecule is CC1(C)OCC(CN/C=C\C(=N)N)O1. The van der Waals surface area contributed by atoms with Gasteiger partial charge in [0.05, 0.1) is 6.61 Å². The molecule has 80 valence electrons. The summed E-state index contributed by atoms with van der Waals surface area (Å²) in [5.41, 5.74) is 5.13. The van der Waals surface area contributed by atoms with E-state index in [1.807, 2.05) is 13.8 Å². The normalized spacial score (nSPS) is 25.4. The lowest BCUT2D eigenvalue weighted by Gasteiger charge is -2.16. The molecule has 5 heteroatoms. The van der Waals surface area contributed by atoms with Crippen LogP contribution in [0.15, 0.2) is 12.3 Å². The van der Waals surface area contributed by atoms with Crippen molar-refractivity contribution >= 4 is 5.84 Å². The van der Waals surface area contributed by atoms with Gasteiger partial charge in [-0.3, -0.25) is 5.41 Å². The predicted octanol–water partition coefficient (Wildman–Crippen LogP) is 0.177. The van der Waals surface area contributed by atoms with Crippen molar-refractivity contribution in [3.8, 4) is 0 Å². The standard InChI is InChI=1S/C9H17N3O2/c1-9(2)13-6-7(14-9)5-12-4-3-8(10)11/h3-4,7,12H,5-6H2,1-2H3,(H3,10,11)/b4-3-. The average molecular weight is 199 g/mol. The zero-order valence-corrected chi connectivity index (χ0v) is 8.54. The second kappa shape index (κ2) is 4.43. The Morgan fingerprint density at radius 1 is 1.71 bits per heavy atom. The van der Waals surface area contributed by atoms with Crippen LogP contribution in [0.2, 0.25) is 0 Å². The minimum absolute atomic E-state index is 0.0291. The number of nitrogens with two attached hydrogens (primary N) is 1. The summed E-state index contributed by atoms with van der Waals surface area (Å²) < 4.78 is 10.9. The first-order valence-corrected chi connectivity index (χ1v) is 4.55. The fraction of sp³-hybridized carbons (Fsp3) is 0.667. The van der Waals surface area contributed by atoms with Crippen LogP contribution in [0.3, 0.4) is 0 Å². The molecule has 0 spiro atoms. The topological polar surface area (TPSA) is 80.4 Å². The lowest BCUT2D eigenvalue weighted by molar-refractivity contribution is -0.137. The lowest BCUT2D eigenvalue weighted by atomic mass is 10.4. The number of nitrogens with one attached hydrogen (secondary N) is 2. The highest BCUT2D eigenvalue weighted by Gasteiger charge is 2.31. The molecular formula is C9H17N3O2. The van der Waals surface area contributed by atoms with Crippen LogP contribution in [-0.2, 0) is 9.47 Å². The van der Waals surface area contributed by atoms with Crippen molar-refractivity contribution in [3.05, 3.63) is 12.3 Å². The first kappa shape index (κ1) is 11.0. The van der Waals surface area contributed by atoms with E-state index in [1.54, 1.807) is 6.20 Å². The molecule has 1 heterocycles. The summed E-state index contributed by atoms with van der Waals surface area (Å²) in [5, 5.41) is 9.93. The van der Waals surface area contributed by atoms with Crippen LogP contribution in [0.1, 0.15) is 13.8 Å². The smallest absolute Gasteiger partial charge is 0.163 e. The molecule has 0 aromatic heterocycles. The van der Waals surface area contributed by atoms with E-state index in [0.717, 1.165) is 0 Å². The Kier molecular flexibility index (Phi) is 3.49. The molecule has 1 saturated heterocycles. The first-order valence-electron chi connectivity index (χ1n) is 4.55. The van der Waals surface area contributed by atoms with Gasteiger partial charge >= 0.3 is 0 Å². The molecule has 1 fully saturated rings. The Morgan fingerprint density at radius 2 is 2.43 bits per heavy atom. The summed E-state index contributed by atoms with van der Waals surface area (Å²) in [5.74, 6) is -0.446. The Labute approximate surface area is 83.8 Å². The van der Waals surface area contributed by atoms with Crippen molar-refractivity contribution in [1.29, 1.82) is 5.41 Å². The maximum absolute atomic E-state index is 6.94. The van der Waals surface area contributed by atoms with E-state index in [4.69, 9.17) is 20.6 Å². The van der Waals surface area contributed by atoms with Gasteiger partial charge in [0.15, 0.2) is 5.79 Å². The van der Waals surface area contributed by atoms with Gasteiger partial charge in [0.1, 0.15) is 11.9 Å². The van der Waals surface area contributed by atoms with Gasteiger partial charge in [0.2, 0.25) is 0 Å². The number of amidine groups is 1. The zero-order chi connectivity index (χ0) is 10.6. The van der Waals surface area contributed by atoms with Crippen LogP contribution < -0.4 is 11.1 Å². The maximum Gasteiger partial charge on any atom is 0.163 e. The quantitative estimate of drug-likeness (QED) is 0.445. The fourth-order valence-electron chi connectivity index (χ4n) is 1.21. The molecular weight excluding hydrogens is 182 g/mol. The molecule has 1 aliphatic heterocycles. The summed E-state index contributed by atoms with van der Waals surface area (Å²) in [6.45, 7) is 5.03. The summed E-state index contributed by atoms with van der Waals surface area (Å²) in [6, 6.07) is 0. The molecule has 0 aromatic carbocycles. The molecule has 1 atom stereocenters. The molecule has 0 saturated carbocycles. The van der Waals surface area contributed by atoms with Gasteiger partial charge in [-0.1, -0.05) is 0 Å². The van der Waals surface area contributed by atoms with Crippen molar-refractivity contribution in [2.24, 2.45) is 5.73 Å². The minimum Gasteiger partial charge on any atom is -0.388 e. The van der Waals surface area contributed by atoms with Crippen molar-refractivity contribution < 1.29 is 9.47 Å². The molecule has 14 heavy (non-hydrogen) atoms. The molecule has 0 bridgehead atoms. The van der Waals surface area contributed by atoms with Gasteiger partial charge in [-0.15, -0.1) is 0 Å². The lowest BCUT2D eigenvalue weighted by Crippen LogP contribution is -2.28. The van der Waals surface area contributed by atoms with E-state index < -0.39 is 5.79 Å². The molecule has 0 aromatic rings. The molecule has 0 radical (unpaired) electrons. The molecule has 1 unspecified atom stereocenters. The Bertz CT molecular complexity index is 238. The summed E-state index contributed by atoms with van der Waals surface area (Å²) in [6.07, 6.45) is 3.18. The Morgan fingerprint density at radius 3 is 2.93 bits per heavy atom. The minimum atomic E-state index is -0.476. The van der Waals surface area contributed by atoms with Crippen LogP contribution in [0, 0.1) is 5.41 Å². The highest BCUT2D eigenvalue weighted by Crippen LogP contribution is 2.21. The van der Waals surface area contributed by atoms with Crippen LogP contribution >= 0.6 is 0 Å². The molecule has 1 rings (SSSR count). The molecule has 0 amide bonds. The molecule has 1 aliphatic rings. The zero-order valence-electron chi connectivity index (χ0n) is 8.54. The van der Waals surface area contributed by atoms with Gasteiger partial charge < -0.3 is 20.5 Å². The second-order valence-corrected chi connectivity index (χ2v) is 3.65. The van der Waals surface area contributed by atoms with Crippen molar-refractivity contribution in [3.63, 3.8) is 0 Å². The van der Waals surface area contributed by atoms with Crippen LogP contribution in [0.4, 0.5) is 0 Å². The fourth-order valence-corrected chi connectivity index (χ4v) is 1.21. The van der Waals surface area contributed by atoms with E-state index in [1.165, 1.54) is 6.08 Å². The van der Waals surface area contributed by atoms with Gasteiger partial charge in [-0.2, -0.15) is 0 Å². The van der Waals surface area contributed by atoms with Crippen molar-refractivity contribution in [2.75, 3.05) is 13.2 Å². The van der Waals surface area contributed by atoms with E-state index in [0.29, 0.717) is 13.2 Å². The first-order chi connectivity index (χ1) is 6.49. The number of ether oxygens (including phenoxy) is 2. The third-order valence-electron chi connectivity index (χ3n) is 1.79. The maximum atomic E-state index is 6.94. The largest absolute Gasteiger partial charge is 0.388 e. The van der Waals surface area contributed by atoms with Gasteiger partial charge in [0.25, 0.3) is 0 Å². The van der Waals surface area contributed by atoms with E-state index >= 15 is 0 Å². The van der Waals surface area contributed by atoms with E-state index in [-0.39, 0.29) is 11.9 Å². The van der Waals surface area contributed by atoms with Crippen LogP contribution in [0.5, 0.6) is 0 Å². The van der Waals surface area contributed by atoms with Crippen LogP contribution in [0.25, 0.3) is 0 Å². The van der Waals surface area contributed by atoms with Gasteiger partial charge in [0, 0.05) is 12.7 Å². The van der Waals surface area contributed by atoms with E-state index in [2.05, 4.69) is 5.32 Å². The highest BCUT2D eigenvalue weighted by molar-refractivity contribution is 5.88. The van der Waals surface area contributed by atoms with Crippen molar-refractivity contribution in [1.82, 2.24) is 5.32 Å². The monoisotopic (exact) mass is 199 g/mol. The number of hydrogen-bond acceptors (Lipinski definition) is 4. The van der Waals surface area contributed by atoms with Crippen LogP contribution in [-0.4, -0.2) is 30.9 Å². The van der Waals surface area contributed by atoms with E-state index in [9.17, 15) is 0 Å². The summed E-state index contributed by atoms with van der Waals surface area (Å²) in [4.78, 5) is 0. The summed E-state index contributed by atoms with van der Waals surface area (Å²) in [7, 11) is 0. The highest BCUT2D eigenvalue weighted by atomic mass is 16.7. The van der Waals surface area contributed by atoms with Gasteiger partial charge in [-0.25, -0.2) is 0 Å². The van der Waals surface area contributed by atoms with Gasteiger partial charge in [-0.05, 0) is 19.9 Å². The third-order valence-corrected chi connectivity index (χ3v) is 1.79. The molecule has 5 nitrogen and oxygen atoms in total. The third kappa shape index (κ3) is 3.76. The second-order valence-electron chi connectivity index (χ2n) is 3.65. The van der Waals surface area contributed by atoms with Crippen molar-refractivity contribution in [2.45, 2.75) is 25.7 Å². The number of hydrogen-bond donors (Lipinski definition) is 3. The average Bonchev–Trinajstić information content (AvgIpc) is 2.39. The molecule has 4 N–H and O–H groups in total.